The number of carbonyl (C=O) groups excluding carboxylic acids is 1. The van der Waals surface area contributed by atoms with Gasteiger partial charge < -0.3 is 15.0 Å². The SMILES string of the molecule is Cn1nccc1[C@@H]1OCCC[C@H]1CNC(=O)c1ccc2nc[nH]c2c1. The number of nitrogens with one attached hydrogen (secondary N) is 2. The Morgan fingerprint density at radius 1 is 1.44 bits per heavy atom. The molecule has 3 aromatic rings. The van der Waals surface area contributed by atoms with Gasteiger partial charge in [0.05, 0.1) is 23.1 Å². The van der Waals surface area contributed by atoms with Crippen LogP contribution >= 0.6 is 0 Å². The van der Waals surface area contributed by atoms with Gasteiger partial charge in [-0.25, -0.2) is 4.98 Å². The second kappa shape index (κ2) is 6.68. The molecule has 1 amide bonds. The Kier molecular flexibility index (Phi) is 4.23. The minimum Gasteiger partial charge on any atom is -0.372 e. The smallest absolute Gasteiger partial charge is 0.251 e. The van der Waals surface area contributed by atoms with Crippen LogP contribution in [0.5, 0.6) is 0 Å². The minimum absolute atomic E-state index is 0.0309. The highest BCUT2D eigenvalue weighted by molar-refractivity contribution is 5.97. The van der Waals surface area contributed by atoms with E-state index in [1.54, 1.807) is 18.6 Å². The van der Waals surface area contributed by atoms with Crippen molar-refractivity contribution in [1.82, 2.24) is 25.1 Å². The van der Waals surface area contributed by atoms with Crippen molar-refractivity contribution < 1.29 is 9.53 Å². The van der Waals surface area contributed by atoms with Gasteiger partial charge in [-0.15, -0.1) is 0 Å². The van der Waals surface area contributed by atoms with Crippen LogP contribution in [0.3, 0.4) is 0 Å². The molecular weight excluding hydrogens is 318 g/mol. The molecule has 130 valence electrons. The summed E-state index contributed by atoms with van der Waals surface area (Å²) >= 11 is 0. The number of amides is 1. The van der Waals surface area contributed by atoms with Crippen molar-refractivity contribution in [1.29, 1.82) is 0 Å². The van der Waals surface area contributed by atoms with Crippen LogP contribution in [0.4, 0.5) is 0 Å². The van der Waals surface area contributed by atoms with Gasteiger partial charge in [-0.1, -0.05) is 0 Å². The molecule has 4 rings (SSSR count). The number of rotatable bonds is 4. The van der Waals surface area contributed by atoms with Crippen LogP contribution in [-0.4, -0.2) is 38.8 Å². The molecule has 1 saturated heterocycles. The first-order chi connectivity index (χ1) is 12.2. The van der Waals surface area contributed by atoms with E-state index < -0.39 is 0 Å². The largest absolute Gasteiger partial charge is 0.372 e. The summed E-state index contributed by atoms with van der Waals surface area (Å²) in [7, 11) is 1.92. The lowest BCUT2D eigenvalue weighted by Crippen LogP contribution is -2.35. The first kappa shape index (κ1) is 15.8. The normalized spacial score (nSPS) is 20.7. The van der Waals surface area contributed by atoms with Crippen molar-refractivity contribution in [3.63, 3.8) is 0 Å². The van der Waals surface area contributed by atoms with Gasteiger partial charge in [0.25, 0.3) is 5.91 Å². The molecule has 7 heteroatoms. The Morgan fingerprint density at radius 3 is 3.20 bits per heavy atom. The van der Waals surface area contributed by atoms with Crippen LogP contribution < -0.4 is 5.32 Å². The van der Waals surface area contributed by atoms with E-state index in [-0.39, 0.29) is 17.9 Å². The summed E-state index contributed by atoms with van der Waals surface area (Å²) in [6.07, 6.45) is 5.41. The van der Waals surface area contributed by atoms with Crippen LogP contribution in [0.1, 0.15) is 35.0 Å². The number of hydrogen-bond acceptors (Lipinski definition) is 4. The van der Waals surface area contributed by atoms with E-state index in [1.807, 2.05) is 29.9 Å². The van der Waals surface area contributed by atoms with Crippen molar-refractivity contribution in [3.8, 4) is 0 Å². The summed E-state index contributed by atoms with van der Waals surface area (Å²) in [4.78, 5) is 19.7. The highest BCUT2D eigenvalue weighted by Gasteiger charge is 2.29. The first-order valence-electron chi connectivity index (χ1n) is 8.53. The summed E-state index contributed by atoms with van der Waals surface area (Å²) in [5.41, 5.74) is 3.40. The van der Waals surface area contributed by atoms with Gasteiger partial charge in [-0.2, -0.15) is 5.10 Å². The van der Waals surface area contributed by atoms with Crippen LogP contribution in [0.15, 0.2) is 36.8 Å². The summed E-state index contributed by atoms with van der Waals surface area (Å²) < 4.78 is 7.82. The Morgan fingerprint density at radius 2 is 2.36 bits per heavy atom. The van der Waals surface area contributed by atoms with E-state index in [4.69, 9.17) is 4.74 Å². The Labute approximate surface area is 145 Å². The monoisotopic (exact) mass is 339 g/mol. The van der Waals surface area contributed by atoms with Crippen LogP contribution in [0.2, 0.25) is 0 Å². The van der Waals surface area contributed by atoms with E-state index in [0.717, 1.165) is 36.2 Å². The van der Waals surface area contributed by atoms with Gasteiger partial charge in [-0.3, -0.25) is 9.48 Å². The van der Waals surface area contributed by atoms with Gasteiger partial charge >= 0.3 is 0 Å². The zero-order valence-electron chi connectivity index (χ0n) is 14.1. The lowest BCUT2D eigenvalue weighted by atomic mass is 9.92. The lowest BCUT2D eigenvalue weighted by molar-refractivity contribution is -0.0317. The summed E-state index contributed by atoms with van der Waals surface area (Å²) in [6, 6.07) is 7.46. The fourth-order valence-corrected chi connectivity index (χ4v) is 3.45. The number of imidazole rings is 1. The second-order valence-corrected chi connectivity index (χ2v) is 6.42. The summed E-state index contributed by atoms with van der Waals surface area (Å²) in [5.74, 6) is 0.162. The average Bonchev–Trinajstić information content (AvgIpc) is 3.27. The molecule has 2 aromatic heterocycles. The number of H-pyrrole nitrogens is 1. The Hall–Kier alpha value is -2.67. The molecule has 1 aliphatic rings. The number of ether oxygens (including phenoxy) is 1. The van der Waals surface area contributed by atoms with Gasteiger partial charge in [0, 0.05) is 37.9 Å². The molecule has 0 aliphatic carbocycles. The number of nitrogens with zero attached hydrogens (tertiary/aromatic N) is 3. The predicted molar refractivity (Wildman–Crippen MR) is 93.1 cm³/mol. The summed E-state index contributed by atoms with van der Waals surface area (Å²) in [5, 5.41) is 7.29. The number of aromatic nitrogens is 4. The zero-order valence-corrected chi connectivity index (χ0v) is 14.1. The van der Waals surface area contributed by atoms with Gasteiger partial charge in [0.2, 0.25) is 0 Å². The van der Waals surface area contributed by atoms with Crippen molar-refractivity contribution in [2.45, 2.75) is 18.9 Å². The number of carbonyl (C=O) groups is 1. The maximum absolute atomic E-state index is 12.5. The molecule has 3 heterocycles. The molecule has 1 aliphatic heterocycles. The minimum atomic E-state index is -0.0779. The standard InChI is InChI=1S/C18H21N5O2/c1-23-16(6-7-22-23)17-13(3-2-8-25-17)10-19-18(24)12-4-5-14-15(9-12)21-11-20-14/h4-7,9,11,13,17H,2-3,8,10H2,1H3,(H,19,24)(H,20,21)/t13-,17+/m0/s1. The quantitative estimate of drug-likeness (QED) is 0.763. The van der Waals surface area contributed by atoms with Crippen molar-refractivity contribution in [2.24, 2.45) is 13.0 Å². The molecular formula is C18H21N5O2. The Bertz CT molecular complexity index is 884. The molecule has 0 unspecified atom stereocenters. The topological polar surface area (TPSA) is 84.8 Å². The molecule has 1 aromatic carbocycles. The highest BCUT2D eigenvalue weighted by atomic mass is 16.5. The predicted octanol–water partition coefficient (Wildman–Crippen LogP) is 2.19. The fraction of sp³-hybridized carbons (Fsp3) is 0.389. The molecule has 0 radical (unpaired) electrons. The van der Waals surface area contributed by atoms with Crippen LogP contribution in [0, 0.1) is 5.92 Å². The lowest BCUT2D eigenvalue weighted by Gasteiger charge is -2.32. The third-order valence-electron chi connectivity index (χ3n) is 4.80. The molecule has 0 saturated carbocycles. The van der Waals surface area contributed by atoms with Crippen molar-refractivity contribution in [3.05, 3.63) is 48.0 Å². The molecule has 0 bridgehead atoms. The van der Waals surface area contributed by atoms with E-state index in [1.165, 1.54) is 0 Å². The molecule has 25 heavy (non-hydrogen) atoms. The number of aromatic amines is 1. The average molecular weight is 339 g/mol. The van der Waals surface area contributed by atoms with E-state index in [0.29, 0.717) is 12.1 Å². The maximum atomic E-state index is 12.5. The zero-order chi connectivity index (χ0) is 17.2. The van der Waals surface area contributed by atoms with Crippen molar-refractivity contribution >= 4 is 16.9 Å². The van der Waals surface area contributed by atoms with E-state index in [2.05, 4.69) is 20.4 Å². The van der Waals surface area contributed by atoms with E-state index >= 15 is 0 Å². The number of fused-ring (bicyclic) bond motifs is 1. The number of hydrogen-bond donors (Lipinski definition) is 2. The first-order valence-corrected chi connectivity index (χ1v) is 8.53. The molecule has 0 spiro atoms. The maximum Gasteiger partial charge on any atom is 0.251 e. The van der Waals surface area contributed by atoms with Gasteiger partial charge in [-0.05, 0) is 37.1 Å². The Balaban J connectivity index is 1.45. The van der Waals surface area contributed by atoms with Crippen LogP contribution in [-0.2, 0) is 11.8 Å². The third kappa shape index (κ3) is 3.15. The van der Waals surface area contributed by atoms with Crippen LogP contribution in [0.25, 0.3) is 11.0 Å². The third-order valence-corrected chi connectivity index (χ3v) is 4.80. The molecule has 7 nitrogen and oxygen atoms in total. The number of benzene rings is 1. The molecule has 2 atom stereocenters. The van der Waals surface area contributed by atoms with Crippen molar-refractivity contribution in [2.75, 3.05) is 13.2 Å². The number of aryl methyl sites for hydroxylation is 1. The fourth-order valence-electron chi connectivity index (χ4n) is 3.45. The highest BCUT2D eigenvalue weighted by Crippen LogP contribution is 2.32. The van der Waals surface area contributed by atoms with Gasteiger partial charge in [0.15, 0.2) is 0 Å². The second-order valence-electron chi connectivity index (χ2n) is 6.42. The molecule has 2 N–H and O–H groups in total. The van der Waals surface area contributed by atoms with E-state index in [9.17, 15) is 4.79 Å². The molecule has 1 fully saturated rings. The summed E-state index contributed by atoms with van der Waals surface area (Å²) in [6.45, 7) is 1.33. The van der Waals surface area contributed by atoms with Gasteiger partial charge in [0.1, 0.15) is 6.10 Å².